The predicted molar refractivity (Wildman–Crippen MR) is 114 cm³/mol. The SMILES string of the molecule is CCOc1ccc(N=c2ssc3c2-c2cc(OC)ccc2NC3(C)C)cc1. The van der Waals surface area contributed by atoms with Crippen LogP contribution >= 0.6 is 20.7 Å². The van der Waals surface area contributed by atoms with E-state index in [1.54, 1.807) is 27.8 Å². The Morgan fingerprint density at radius 1 is 1.04 bits per heavy atom. The van der Waals surface area contributed by atoms with Gasteiger partial charge in [0, 0.05) is 16.8 Å². The molecule has 2 heterocycles. The Hall–Kier alpha value is -2.31. The third kappa shape index (κ3) is 3.35. The highest BCUT2D eigenvalue weighted by molar-refractivity contribution is 7.68. The number of hydrogen-bond acceptors (Lipinski definition) is 6. The molecule has 6 heteroatoms. The second-order valence-electron chi connectivity index (χ2n) is 6.88. The fourth-order valence-electron chi connectivity index (χ4n) is 3.25. The summed E-state index contributed by atoms with van der Waals surface area (Å²) in [5, 5.41) is 3.65. The van der Waals surface area contributed by atoms with Crippen LogP contribution in [-0.2, 0) is 5.54 Å². The predicted octanol–water partition coefficient (Wildman–Crippen LogP) is 5.78. The third-order valence-electron chi connectivity index (χ3n) is 4.53. The van der Waals surface area contributed by atoms with E-state index in [1.165, 1.54) is 10.4 Å². The molecule has 2 aromatic carbocycles. The van der Waals surface area contributed by atoms with E-state index in [0.717, 1.165) is 33.1 Å². The molecule has 0 unspecified atom stereocenters. The lowest BCUT2D eigenvalue weighted by molar-refractivity contribution is 0.340. The monoisotopic (exact) mass is 398 g/mol. The molecule has 0 aliphatic carbocycles. The van der Waals surface area contributed by atoms with Crippen molar-refractivity contribution in [3.8, 4) is 22.6 Å². The molecule has 1 aromatic heterocycles. The van der Waals surface area contributed by atoms with Crippen molar-refractivity contribution in [3.05, 3.63) is 52.0 Å². The van der Waals surface area contributed by atoms with Gasteiger partial charge in [-0.2, -0.15) is 0 Å². The van der Waals surface area contributed by atoms with E-state index in [1.807, 2.05) is 37.3 Å². The van der Waals surface area contributed by atoms with Crippen LogP contribution in [0.15, 0.2) is 47.5 Å². The van der Waals surface area contributed by atoms with Crippen molar-refractivity contribution in [2.45, 2.75) is 26.3 Å². The lowest BCUT2D eigenvalue weighted by Gasteiger charge is -2.33. The number of ether oxygens (including phenoxy) is 2. The Labute approximate surface area is 166 Å². The van der Waals surface area contributed by atoms with E-state index in [9.17, 15) is 0 Å². The Bertz CT molecular complexity index is 1030. The highest BCUT2D eigenvalue weighted by Crippen LogP contribution is 2.46. The van der Waals surface area contributed by atoms with Gasteiger partial charge in [-0.15, -0.1) is 0 Å². The number of benzene rings is 2. The van der Waals surface area contributed by atoms with Gasteiger partial charge in [0.1, 0.15) is 16.2 Å². The summed E-state index contributed by atoms with van der Waals surface area (Å²) in [6.07, 6.45) is 0. The van der Waals surface area contributed by atoms with E-state index in [0.29, 0.717) is 6.61 Å². The highest BCUT2D eigenvalue weighted by atomic mass is 32.9. The molecule has 27 heavy (non-hydrogen) atoms. The minimum atomic E-state index is -0.134. The lowest BCUT2D eigenvalue weighted by atomic mass is 9.90. The van der Waals surface area contributed by atoms with Crippen LogP contribution in [0.3, 0.4) is 0 Å². The van der Waals surface area contributed by atoms with Gasteiger partial charge in [-0.05, 0) is 63.2 Å². The molecule has 1 N–H and O–H groups in total. The van der Waals surface area contributed by atoms with Crippen LogP contribution in [0.1, 0.15) is 25.6 Å². The van der Waals surface area contributed by atoms with E-state index in [4.69, 9.17) is 14.5 Å². The van der Waals surface area contributed by atoms with Gasteiger partial charge in [-0.3, -0.25) is 0 Å². The van der Waals surface area contributed by atoms with Gasteiger partial charge in [-0.25, -0.2) is 4.99 Å². The molecule has 1 aliphatic rings. The second-order valence-corrected chi connectivity index (χ2v) is 9.00. The molecule has 0 spiro atoms. The molecule has 0 amide bonds. The molecule has 0 radical (unpaired) electrons. The summed E-state index contributed by atoms with van der Waals surface area (Å²) in [6, 6.07) is 14.1. The van der Waals surface area contributed by atoms with Crippen molar-refractivity contribution in [3.63, 3.8) is 0 Å². The molecular weight excluding hydrogens is 376 g/mol. The summed E-state index contributed by atoms with van der Waals surface area (Å²) in [5.41, 5.74) is 4.26. The number of anilines is 1. The van der Waals surface area contributed by atoms with Crippen LogP contribution in [0, 0.1) is 0 Å². The molecule has 0 bridgehead atoms. The summed E-state index contributed by atoms with van der Waals surface area (Å²) in [4.78, 5) is 6.24. The number of rotatable bonds is 4. The van der Waals surface area contributed by atoms with Crippen molar-refractivity contribution in [1.82, 2.24) is 0 Å². The van der Waals surface area contributed by atoms with Gasteiger partial charge in [0.2, 0.25) is 0 Å². The maximum Gasteiger partial charge on any atom is 0.135 e. The van der Waals surface area contributed by atoms with Gasteiger partial charge >= 0.3 is 0 Å². The molecule has 4 nitrogen and oxygen atoms in total. The number of methoxy groups -OCH3 is 1. The van der Waals surface area contributed by atoms with Crippen molar-refractivity contribution in [1.29, 1.82) is 0 Å². The minimum absolute atomic E-state index is 0.134. The van der Waals surface area contributed by atoms with Gasteiger partial charge < -0.3 is 14.8 Å². The quantitative estimate of drug-likeness (QED) is 0.567. The Balaban J connectivity index is 1.86. The van der Waals surface area contributed by atoms with Crippen molar-refractivity contribution >= 4 is 32.1 Å². The molecule has 4 rings (SSSR count). The Morgan fingerprint density at radius 3 is 2.48 bits per heavy atom. The van der Waals surface area contributed by atoms with Gasteiger partial charge in [0.25, 0.3) is 0 Å². The first-order chi connectivity index (χ1) is 13.0. The minimum Gasteiger partial charge on any atom is -0.497 e. The first-order valence-electron chi connectivity index (χ1n) is 8.89. The summed E-state index contributed by atoms with van der Waals surface area (Å²) in [6.45, 7) is 7.07. The van der Waals surface area contributed by atoms with Crippen molar-refractivity contribution < 1.29 is 9.47 Å². The molecule has 1 aliphatic heterocycles. The number of fused-ring (bicyclic) bond motifs is 3. The zero-order valence-electron chi connectivity index (χ0n) is 15.8. The van der Waals surface area contributed by atoms with Crippen molar-refractivity contribution in [2.24, 2.45) is 4.99 Å². The first kappa shape index (κ1) is 18.1. The average Bonchev–Trinajstić information content (AvgIpc) is 3.08. The number of hydrogen-bond donors (Lipinski definition) is 1. The standard InChI is InChI=1S/C21H22N2O2S2/c1-5-25-14-8-6-13(7-9-14)22-20-18-16-12-15(24-4)10-11-17(16)23-21(2,3)19(18)26-27-20/h6-12,23H,5H2,1-4H3. The Morgan fingerprint density at radius 2 is 1.78 bits per heavy atom. The average molecular weight is 399 g/mol. The summed E-state index contributed by atoms with van der Waals surface area (Å²) in [5.74, 6) is 1.72. The van der Waals surface area contributed by atoms with E-state index in [2.05, 4.69) is 31.3 Å². The molecule has 0 saturated carbocycles. The van der Waals surface area contributed by atoms with Crippen LogP contribution in [0.2, 0.25) is 0 Å². The van der Waals surface area contributed by atoms with Crippen LogP contribution in [0.4, 0.5) is 11.4 Å². The second kappa shape index (κ2) is 7.02. The van der Waals surface area contributed by atoms with Crippen LogP contribution in [0.25, 0.3) is 11.1 Å². The summed E-state index contributed by atoms with van der Waals surface area (Å²) in [7, 11) is 5.20. The van der Waals surface area contributed by atoms with E-state index >= 15 is 0 Å². The van der Waals surface area contributed by atoms with Crippen LogP contribution < -0.4 is 19.5 Å². The third-order valence-corrected chi connectivity index (χ3v) is 7.18. The van der Waals surface area contributed by atoms with Gasteiger partial charge in [-0.1, -0.05) is 20.7 Å². The Kier molecular flexibility index (Phi) is 4.70. The topological polar surface area (TPSA) is 42.9 Å². The first-order valence-corrected chi connectivity index (χ1v) is 11.0. The van der Waals surface area contributed by atoms with Crippen LogP contribution in [-0.4, -0.2) is 13.7 Å². The van der Waals surface area contributed by atoms with Crippen LogP contribution in [0.5, 0.6) is 11.5 Å². The van der Waals surface area contributed by atoms with E-state index in [-0.39, 0.29) is 5.54 Å². The van der Waals surface area contributed by atoms with Gasteiger partial charge in [0.15, 0.2) is 0 Å². The lowest BCUT2D eigenvalue weighted by Crippen LogP contribution is -2.31. The molecular formula is C21H22N2O2S2. The van der Waals surface area contributed by atoms with Gasteiger partial charge in [0.05, 0.1) is 29.8 Å². The summed E-state index contributed by atoms with van der Waals surface area (Å²) >= 11 is 0. The zero-order chi connectivity index (χ0) is 19.0. The maximum atomic E-state index is 5.53. The molecule has 0 fully saturated rings. The fourth-order valence-corrected chi connectivity index (χ4v) is 6.19. The fraction of sp³-hybridized carbons (Fsp3) is 0.286. The molecule has 3 aromatic rings. The number of nitrogens with zero attached hydrogens (tertiary/aromatic N) is 1. The largest absolute Gasteiger partial charge is 0.497 e. The summed E-state index contributed by atoms with van der Waals surface area (Å²) < 4.78 is 12.0. The van der Waals surface area contributed by atoms with E-state index < -0.39 is 0 Å². The molecule has 140 valence electrons. The molecule has 0 saturated heterocycles. The zero-order valence-corrected chi connectivity index (χ0v) is 17.5. The number of nitrogens with one attached hydrogen (secondary N) is 1. The van der Waals surface area contributed by atoms with Crippen molar-refractivity contribution in [2.75, 3.05) is 19.0 Å². The smallest absolute Gasteiger partial charge is 0.135 e. The molecule has 0 atom stereocenters. The highest BCUT2D eigenvalue weighted by Gasteiger charge is 2.33. The normalized spacial score (nSPS) is 14.9. The maximum absolute atomic E-state index is 5.53.